The Bertz CT molecular complexity index is 1140. The fourth-order valence-electron chi connectivity index (χ4n) is 2.47. The number of nitrogens with one attached hydrogen (secondary N) is 1. The van der Waals surface area contributed by atoms with Crippen molar-refractivity contribution < 1.29 is 26.4 Å². The fraction of sp³-hybridized carbons (Fsp3) is 0.158. The van der Waals surface area contributed by atoms with Crippen LogP contribution in [0, 0.1) is 0 Å². The molecule has 1 N–H and O–H groups in total. The van der Waals surface area contributed by atoms with Gasteiger partial charge in [-0.2, -0.15) is 13.2 Å². The van der Waals surface area contributed by atoms with Crippen LogP contribution in [0.1, 0.15) is 21.6 Å². The lowest BCUT2D eigenvalue weighted by Gasteiger charge is -2.07. The number of rotatable bonds is 5. The van der Waals surface area contributed by atoms with Crippen LogP contribution < -0.4 is 5.32 Å². The summed E-state index contributed by atoms with van der Waals surface area (Å²) in [6.07, 6.45) is -3.35. The van der Waals surface area contributed by atoms with Crippen LogP contribution >= 0.6 is 11.3 Å². The van der Waals surface area contributed by atoms with Gasteiger partial charge in [-0.25, -0.2) is 13.4 Å². The molecule has 0 unspecified atom stereocenters. The lowest BCUT2D eigenvalue weighted by atomic mass is 10.1. The highest BCUT2D eigenvalue weighted by Crippen LogP contribution is 2.33. The summed E-state index contributed by atoms with van der Waals surface area (Å²) >= 11 is 1.07. The fourth-order valence-corrected chi connectivity index (χ4v) is 3.89. The molecule has 1 aromatic heterocycles. The third-order valence-corrected chi connectivity index (χ3v) is 6.00. The van der Waals surface area contributed by atoms with E-state index in [2.05, 4.69) is 10.3 Å². The standard InChI is InChI=1S/C19H15F3N2O3S2/c1-29(26,27)15-7-5-12(6-8-15)10-23-17(25)16-11-28-18(24-16)13-3-2-4-14(9-13)19(20,21)22/h2-9,11H,10H2,1H3,(H,23,25). The number of sulfone groups is 1. The minimum absolute atomic E-state index is 0.0927. The van der Waals surface area contributed by atoms with E-state index in [1.54, 1.807) is 12.1 Å². The van der Waals surface area contributed by atoms with E-state index in [4.69, 9.17) is 0 Å². The van der Waals surface area contributed by atoms with Crippen LogP contribution in [-0.2, 0) is 22.6 Å². The zero-order valence-electron chi connectivity index (χ0n) is 15.0. The van der Waals surface area contributed by atoms with Crippen LogP contribution in [0.2, 0.25) is 0 Å². The number of halogens is 3. The monoisotopic (exact) mass is 440 g/mol. The summed E-state index contributed by atoms with van der Waals surface area (Å²) < 4.78 is 61.5. The Hall–Kier alpha value is -2.72. The highest BCUT2D eigenvalue weighted by molar-refractivity contribution is 7.90. The summed E-state index contributed by atoms with van der Waals surface area (Å²) in [5.41, 5.74) is 0.281. The molecule has 3 rings (SSSR count). The van der Waals surface area contributed by atoms with Gasteiger partial charge in [0.15, 0.2) is 9.84 Å². The second-order valence-electron chi connectivity index (χ2n) is 6.22. The summed E-state index contributed by atoms with van der Waals surface area (Å²) in [7, 11) is -3.30. The van der Waals surface area contributed by atoms with Gasteiger partial charge in [0, 0.05) is 23.7 Å². The number of hydrogen-bond donors (Lipinski definition) is 1. The van der Waals surface area contributed by atoms with Crippen LogP contribution in [0.15, 0.2) is 58.8 Å². The molecular formula is C19H15F3N2O3S2. The molecule has 0 bridgehead atoms. The Kier molecular flexibility index (Phi) is 5.76. The van der Waals surface area contributed by atoms with Crippen molar-refractivity contribution in [2.45, 2.75) is 17.6 Å². The van der Waals surface area contributed by atoms with Crippen molar-refractivity contribution in [3.05, 3.63) is 70.7 Å². The molecule has 10 heteroatoms. The minimum Gasteiger partial charge on any atom is -0.347 e. The number of benzene rings is 2. The van der Waals surface area contributed by atoms with E-state index >= 15 is 0 Å². The van der Waals surface area contributed by atoms with Gasteiger partial charge in [-0.1, -0.05) is 24.3 Å². The number of alkyl halides is 3. The van der Waals surface area contributed by atoms with Gasteiger partial charge in [0.1, 0.15) is 10.7 Å². The van der Waals surface area contributed by atoms with Crippen LogP contribution in [0.25, 0.3) is 10.6 Å². The van der Waals surface area contributed by atoms with Crippen molar-refractivity contribution in [3.63, 3.8) is 0 Å². The molecule has 5 nitrogen and oxygen atoms in total. The molecule has 1 heterocycles. The Morgan fingerprint density at radius 3 is 2.45 bits per heavy atom. The van der Waals surface area contributed by atoms with E-state index < -0.39 is 27.5 Å². The van der Waals surface area contributed by atoms with Crippen molar-refractivity contribution >= 4 is 27.1 Å². The molecule has 0 spiro atoms. The number of thiazole rings is 1. The average molecular weight is 440 g/mol. The van der Waals surface area contributed by atoms with Gasteiger partial charge in [0.05, 0.1) is 10.5 Å². The number of nitrogens with zero attached hydrogens (tertiary/aromatic N) is 1. The van der Waals surface area contributed by atoms with Gasteiger partial charge in [-0.05, 0) is 29.8 Å². The molecule has 152 valence electrons. The van der Waals surface area contributed by atoms with Crippen molar-refractivity contribution in [2.75, 3.05) is 6.26 Å². The molecular weight excluding hydrogens is 425 g/mol. The summed E-state index contributed by atoms with van der Waals surface area (Å²) in [5.74, 6) is -0.480. The van der Waals surface area contributed by atoms with Crippen LogP contribution in [0.3, 0.4) is 0 Å². The van der Waals surface area contributed by atoms with E-state index in [9.17, 15) is 26.4 Å². The predicted octanol–water partition coefficient (Wildman–Crippen LogP) is 4.16. The first kappa shape index (κ1) is 21.0. The molecule has 2 aromatic carbocycles. The molecule has 0 fully saturated rings. The summed E-state index contributed by atoms with van der Waals surface area (Å²) in [5, 5.41) is 4.42. The molecule has 0 atom stereocenters. The number of carbonyl (C=O) groups is 1. The highest BCUT2D eigenvalue weighted by Gasteiger charge is 2.30. The van der Waals surface area contributed by atoms with E-state index in [1.807, 2.05) is 0 Å². The Balaban J connectivity index is 1.68. The van der Waals surface area contributed by atoms with Crippen LogP contribution in [0.5, 0.6) is 0 Å². The quantitative estimate of drug-likeness (QED) is 0.646. The third-order valence-electron chi connectivity index (χ3n) is 3.98. The van der Waals surface area contributed by atoms with E-state index in [0.717, 1.165) is 29.7 Å². The Morgan fingerprint density at radius 1 is 1.14 bits per heavy atom. The maximum Gasteiger partial charge on any atom is 0.416 e. The SMILES string of the molecule is CS(=O)(=O)c1ccc(CNC(=O)c2csc(-c3cccc(C(F)(F)F)c3)n2)cc1. The largest absolute Gasteiger partial charge is 0.416 e. The first-order valence-corrected chi connectivity index (χ1v) is 11.0. The predicted molar refractivity (Wildman–Crippen MR) is 103 cm³/mol. The van der Waals surface area contributed by atoms with Crippen LogP contribution in [0.4, 0.5) is 13.2 Å². The Labute approximate surface area is 169 Å². The first-order chi connectivity index (χ1) is 13.5. The zero-order chi connectivity index (χ0) is 21.2. The highest BCUT2D eigenvalue weighted by atomic mass is 32.2. The number of amides is 1. The second kappa shape index (κ2) is 7.96. The van der Waals surface area contributed by atoms with Gasteiger partial charge in [-0.15, -0.1) is 11.3 Å². The summed E-state index contributed by atoms with van der Waals surface area (Å²) in [6, 6.07) is 10.8. The molecule has 0 aliphatic heterocycles. The third kappa shape index (κ3) is 5.21. The maximum atomic E-state index is 12.9. The van der Waals surface area contributed by atoms with E-state index in [0.29, 0.717) is 10.6 Å². The molecule has 0 aliphatic carbocycles. The van der Waals surface area contributed by atoms with Gasteiger partial charge >= 0.3 is 6.18 Å². The minimum atomic E-state index is -4.46. The lowest BCUT2D eigenvalue weighted by Crippen LogP contribution is -2.23. The zero-order valence-corrected chi connectivity index (χ0v) is 16.7. The topological polar surface area (TPSA) is 76.1 Å². The van der Waals surface area contributed by atoms with E-state index in [1.165, 1.54) is 29.6 Å². The van der Waals surface area contributed by atoms with Crippen LogP contribution in [-0.4, -0.2) is 25.6 Å². The normalized spacial score (nSPS) is 12.0. The Morgan fingerprint density at radius 2 is 1.83 bits per heavy atom. The van der Waals surface area contributed by atoms with E-state index in [-0.39, 0.29) is 22.7 Å². The number of carbonyl (C=O) groups excluding carboxylic acids is 1. The molecule has 3 aromatic rings. The number of aromatic nitrogens is 1. The van der Waals surface area contributed by atoms with Crippen molar-refractivity contribution in [1.82, 2.24) is 10.3 Å². The molecule has 1 amide bonds. The smallest absolute Gasteiger partial charge is 0.347 e. The summed E-state index contributed by atoms with van der Waals surface area (Å²) in [6.45, 7) is 0.152. The maximum absolute atomic E-state index is 12.9. The molecule has 0 saturated heterocycles. The summed E-state index contributed by atoms with van der Waals surface area (Å²) in [4.78, 5) is 16.6. The van der Waals surface area contributed by atoms with Crippen molar-refractivity contribution in [1.29, 1.82) is 0 Å². The lowest BCUT2D eigenvalue weighted by molar-refractivity contribution is -0.137. The van der Waals surface area contributed by atoms with Crippen molar-refractivity contribution in [3.8, 4) is 10.6 Å². The molecule has 0 radical (unpaired) electrons. The van der Waals surface area contributed by atoms with Gasteiger partial charge < -0.3 is 5.32 Å². The van der Waals surface area contributed by atoms with Crippen molar-refractivity contribution in [2.24, 2.45) is 0 Å². The van der Waals surface area contributed by atoms with Gasteiger partial charge in [-0.3, -0.25) is 4.79 Å². The second-order valence-corrected chi connectivity index (χ2v) is 9.09. The molecule has 29 heavy (non-hydrogen) atoms. The average Bonchev–Trinajstić information content (AvgIpc) is 3.15. The number of hydrogen-bond acceptors (Lipinski definition) is 5. The first-order valence-electron chi connectivity index (χ1n) is 8.24. The van der Waals surface area contributed by atoms with Gasteiger partial charge in [0.2, 0.25) is 0 Å². The van der Waals surface area contributed by atoms with Gasteiger partial charge in [0.25, 0.3) is 5.91 Å². The molecule has 0 saturated carbocycles. The molecule has 0 aliphatic rings.